The fourth-order valence-electron chi connectivity index (χ4n) is 3.84. The number of carbonyl (C=O) groups is 1. The molecular formula is C23H20ClN5O2. The molecule has 0 aliphatic carbocycles. The molecule has 31 heavy (non-hydrogen) atoms. The molecule has 8 heteroatoms. The van der Waals surface area contributed by atoms with Crippen LogP contribution in [-0.2, 0) is 11.3 Å². The molecule has 5 rings (SSSR count). The van der Waals surface area contributed by atoms with E-state index >= 15 is 0 Å². The second-order valence-corrected chi connectivity index (χ2v) is 8.05. The van der Waals surface area contributed by atoms with Gasteiger partial charge in [-0.3, -0.25) is 19.4 Å². The van der Waals surface area contributed by atoms with Gasteiger partial charge in [-0.1, -0.05) is 11.6 Å². The first-order valence-corrected chi connectivity index (χ1v) is 10.4. The molecule has 0 N–H and O–H groups in total. The number of pyridine rings is 2. The van der Waals surface area contributed by atoms with E-state index in [1.165, 1.54) is 0 Å². The summed E-state index contributed by atoms with van der Waals surface area (Å²) in [6.07, 6.45) is 6.82. The van der Waals surface area contributed by atoms with E-state index in [0.29, 0.717) is 17.5 Å². The Morgan fingerprint density at radius 3 is 2.48 bits per heavy atom. The molecule has 4 aromatic rings. The van der Waals surface area contributed by atoms with E-state index < -0.39 is 0 Å². The number of carbonyl (C=O) groups excluding carboxylic acids is 1. The van der Waals surface area contributed by atoms with Gasteiger partial charge in [0, 0.05) is 68.2 Å². The molecule has 0 atom stereocenters. The van der Waals surface area contributed by atoms with Gasteiger partial charge < -0.3 is 9.64 Å². The van der Waals surface area contributed by atoms with Crippen molar-refractivity contribution in [2.45, 2.75) is 13.5 Å². The summed E-state index contributed by atoms with van der Waals surface area (Å²) in [4.78, 5) is 21.6. The van der Waals surface area contributed by atoms with Crippen LogP contribution < -0.4 is 4.74 Å². The third-order valence-electron chi connectivity index (χ3n) is 5.45. The SMILES string of the molecule is CC(=O)N1CC(Cn2nc(-c3ccc(Oc4ccncc4)cc3)c3cncc(Cl)c32)C1. The number of benzene rings is 1. The topological polar surface area (TPSA) is 73.1 Å². The van der Waals surface area contributed by atoms with Crippen LogP contribution in [0.4, 0.5) is 0 Å². The van der Waals surface area contributed by atoms with Crippen LogP contribution in [0.5, 0.6) is 11.5 Å². The van der Waals surface area contributed by atoms with Crippen molar-refractivity contribution in [3.63, 3.8) is 0 Å². The number of likely N-dealkylation sites (tertiary alicyclic amines) is 1. The van der Waals surface area contributed by atoms with Crippen LogP contribution in [0.2, 0.25) is 5.02 Å². The molecule has 0 spiro atoms. The van der Waals surface area contributed by atoms with E-state index in [2.05, 4.69) is 9.97 Å². The molecule has 1 amide bonds. The first-order valence-electron chi connectivity index (χ1n) is 10.0. The standard InChI is InChI=1S/C23H20ClN5O2/c1-15(30)28-12-16(13-28)14-29-23-20(10-26-11-21(23)24)22(27-29)17-2-4-18(5-3-17)31-19-6-8-25-9-7-19/h2-11,16H,12-14H2,1H3. The van der Waals surface area contributed by atoms with Gasteiger partial charge in [0.1, 0.15) is 17.2 Å². The second kappa shape index (κ2) is 8.00. The van der Waals surface area contributed by atoms with E-state index in [0.717, 1.165) is 46.7 Å². The third kappa shape index (κ3) is 3.84. The molecule has 1 aliphatic rings. The Balaban J connectivity index is 1.43. The van der Waals surface area contributed by atoms with Gasteiger partial charge in [0.2, 0.25) is 5.91 Å². The van der Waals surface area contributed by atoms with Crippen LogP contribution in [0.3, 0.4) is 0 Å². The lowest BCUT2D eigenvalue weighted by molar-refractivity contribution is -0.135. The molecule has 1 fully saturated rings. The van der Waals surface area contributed by atoms with Gasteiger partial charge in [0.15, 0.2) is 0 Å². The molecule has 0 bridgehead atoms. The zero-order chi connectivity index (χ0) is 21.4. The first-order chi connectivity index (χ1) is 15.1. The summed E-state index contributed by atoms with van der Waals surface area (Å²) in [5, 5.41) is 6.33. The summed E-state index contributed by atoms with van der Waals surface area (Å²) in [7, 11) is 0. The fraction of sp³-hybridized carbons (Fsp3) is 0.217. The molecule has 0 radical (unpaired) electrons. The monoisotopic (exact) mass is 433 g/mol. The molecule has 7 nitrogen and oxygen atoms in total. The van der Waals surface area contributed by atoms with Crippen molar-refractivity contribution >= 4 is 28.4 Å². The lowest BCUT2D eigenvalue weighted by atomic mass is 10.0. The zero-order valence-electron chi connectivity index (χ0n) is 16.9. The van der Waals surface area contributed by atoms with Crippen LogP contribution in [-0.4, -0.2) is 43.6 Å². The number of aromatic nitrogens is 4. The number of fused-ring (bicyclic) bond motifs is 1. The zero-order valence-corrected chi connectivity index (χ0v) is 17.7. The highest BCUT2D eigenvalue weighted by Crippen LogP contribution is 2.33. The minimum atomic E-state index is 0.110. The number of amides is 1. The number of rotatable bonds is 5. The van der Waals surface area contributed by atoms with Crippen LogP contribution in [0.25, 0.3) is 22.2 Å². The van der Waals surface area contributed by atoms with E-state index in [4.69, 9.17) is 21.4 Å². The maximum absolute atomic E-state index is 11.5. The van der Waals surface area contributed by atoms with Gasteiger partial charge in [0.25, 0.3) is 0 Å². The van der Waals surface area contributed by atoms with Crippen molar-refractivity contribution in [3.05, 3.63) is 66.2 Å². The number of ether oxygens (including phenoxy) is 1. The van der Waals surface area contributed by atoms with Crippen molar-refractivity contribution in [1.82, 2.24) is 24.6 Å². The lowest BCUT2D eigenvalue weighted by Crippen LogP contribution is -2.50. The highest BCUT2D eigenvalue weighted by Gasteiger charge is 2.30. The molecule has 0 unspecified atom stereocenters. The van der Waals surface area contributed by atoms with Gasteiger partial charge in [-0.05, 0) is 36.4 Å². The fourth-order valence-corrected chi connectivity index (χ4v) is 4.10. The summed E-state index contributed by atoms with van der Waals surface area (Å²) in [5.41, 5.74) is 2.64. The van der Waals surface area contributed by atoms with Crippen molar-refractivity contribution in [1.29, 1.82) is 0 Å². The van der Waals surface area contributed by atoms with Gasteiger partial charge >= 0.3 is 0 Å². The maximum Gasteiger partial charge on any atom is 0.219 e. The Hall–Kier alpha value is -3.45. The first kappa shape index (κ1) is 19.5. The molecule has 1 aliphatic heterocycles. The number of hydrogen-bond donors (Lipinski definition) is 0. The Morgan fingerprint density at radius 1 is 1.06 bits per heavy atom. The Morgan fingerprint density at radius 2 is 1.77 bits per heavy atom. The minimum Gasteiger partial charge on any atom is -0.457 e. The van der Waals surface area contributed by atoms with E-state index in [1.807, 2.05) is 46.0 Å². The van der Waals surface area contributed by atoms with Crippen LogP contribution in [0, 0.1) is 5.92 Å². The average Bonchev–Trinajstić information content (AvgIpc) is 3.11. The van der Waals surface area contributed by atoms with Crippen LogP contribution in [0.1, 0.15) is 6.92 Å². The molecular weight excluding hydrogens is 414 g/mol. The predicted octanol–water partition coefficient (Wildman–Crippen LogP) is 4.42. The quantitative estimate of drug-likeness (QED) is 0.466. The highest BCUT2D eigenvalue weighted by atomic mass is 35.5. The molecule has 0 saturated carbocycles. The summed E-state index contributed by atoms with van der Waals surface area (Å²) >= 11 is 6.49. The highest BCUT2D eigenvalue weighted by molar-refractivity contribution is 6.35. The predicted molar refractivity (Wildman–Crippen MR) is 118 cm³/mol. The second-order valence-electron chi connectivity index (χ2n) is 7.65. The van der Waals surface area contributed by atoms with Crippen molar-refractivity contribution in [2.75, 3.05) is 13.1 Å². The Kier molecular flexibility index (Phi) is 5.03. The smallest absolute Gasteiger partial charge is 0.219 e. The average molecular weight is 434 g/mol. The largest absolute Gasteiger partial charge is 0.457 e. The van der Waals surface area contributed by atoms with Gasteiger partial charge in [-0.15, -0.1) is 0 Å². The van der Waals surface area contributed by atoms with Crippen molar-refractivity contribution in [2.24, 2.45) is 5.92 Å². The molecule has 1 aromatic carbocycles. The minimum absolute atomic E-state index is 0.110. The molecule has 1 saturated heterocycles. The molecule has 156 valence electrons. The lowest BCUT2D eigenvalue weighted by Gasteiger charge is -2.38. The van der Waals surface area contributed by atoms with Gasteiger partial charge in [-0.25, -0.2) is 0 Å². The number of nitrogens with zero attached hydrogens (tertiary/aromatic N) is 5. The summed E-state index contributed by atoms with van der Waals surface area (Å²) in [6, 6.07) is 11.4. The van der Waals surface area contributed by atoms with Crippen molar-refractivity contribution < 1.29 is 9.53 Å². The van der Waals surface area contributed by atoms with Crippen LogP contribution in [0.15, 0.2) is 61.2 Å². The van der Waals surface area contributed by atoms with Gasteiger partial charge in [-0.2, -0.15) is 5.10 Å². The van der Waals surface area contributed by atoms with Gasteiger partial charge in [0.05, 0.1) is 10.5 Å². The van der Waals surface area contributed by atoms with E-state index in [-0.39, 0.29) is 5.91 Å². The summed E-state index contributed by atoms with van der Waals surface area (Å²) in [6.45, 7) is 3.79. The van der Waals surface area contributed by atoms with Crippen LogP contribution >= 0.6 is 11.6 Å². The normalized spacial score (nSPS) is 13.9. The van der Waals surface area contributed by atoms with Crippen molar-refractivity contribution in [3.8, 4) is 22.8 Å². The number of hydrogen-bond acceptors (Lipinski definition) is 5. The van der Waals surface area contributed by atoms with E-state index in [9.17, 15) is 4.79 Å². The molecule has 4 heterocycles. The summed E-state index contributed by atoms with van der Waals surface area (Å²) in [5.74, 6) is 1.93. The maximum atomic E-state index is 11.5. The Bertz CT molecular complexity index is 1230. The van der Waals surface area contributed by atoms with E-state index in [1.54, 1.807) is 31.7 Å². The molecule has 3 aromatic heterocycles. The number of halogens is 1. The third-order valence-corrected chi connectivity index (χ3v) is 5.73. The summed E-state index contributed by atoms with van der Waals surface area (Å²) < 4.78 is 7.80. The Labute approximate surface area is 184 Å².